The Morgan fingerprint density at radius 3 is 2.56 bits per heavy atom. The van der Waals surface area contributed by atoms with Gasteiger partial charge in [0.1, 0.15) is 5.69 Å². The van der Waals surface area contributed by atoms with E-state index in [-0.39, 0.29) is 40.2 Å². The van der Waals surface area contributed by atoms with Gasteiger partial charge in [-0.15, -0.1) is 24.0 Å². The maximum Gasteiger partial charge on any atom is 0.293 e. The minimum absolute atomic E-state index is 0. The van der Waals surface area contributed by atoms with Gasteiger partial charge in [-0.25, -0.2) is 8.42 Å². The Kier molecular flexibility index (Phi) is 9.22. The molecule has 27 heavy (non-hydrogen) atoms. The summed E-state index contributed by atoms with van der Waals surface area (Å²) in [6.07, 6.45) is 3.33. The fourth-order valence-corrected chi connectivity index (χ4v) is 3.39. The molecule has 0 aromatic heterocycles. The summed E-state index contributed by atoms with van der Waals surface area (Å²) in [6.45, 7) is 5.61. The van der Waals surface area contributed by atoms with Crippen LogP contribution in [-0.4, -0.2) is 63.2 Å². The van der Waals surface area contributed by atoms with Crippen molar-refractivity contribution in [2.45, 2.75) is 24.7 Å². The molecule has 0 atom stereocenters. The molecule has 1 aromatic rings. The second kappa shape index (κ2) is 10.6. The number of nitro benzene ring substituents is 1. The van der Waals surface area contributed by atoms with Gasteiger partial charge in [0, 0.05) is 38.5 Å². The predicted molar refractivity (Wildman–Crippen MR) is 117 cm³/mol. The summed E-state index contributed by atoms with van der Waals surface area (Å²) in [4.78, 5) is 17.3. The number of nitro groups is 1. The van der Waals surface area contributed by atoms with E-state index in [1.54, 1.807) is 0 Å². The first-order valence-electron chi connectivity index (χ1n) is 8.58. The standard InChI is InChI=1S/C16H25N5O4S.HI/c1-3-17-16(20-10-4-5-11-20)19-9-8-18-14-7-6-13(26(2,24)25)12-15(14)21(22)23;/h6-7,12,18H,3-5,8-11H2,1-2H3,(H,17,19);1H. The van der Waals surface area contributed by atoms with Crippen LogP contribution in [0.3, 0.4) is 0 Å². The van der Waals surface area contributed by atoms with Crippen molar-refractivity contribution in [1.29, 1.82) is 0 Å². The number of nitrogens with one attached hydrogen (secondary N) is 2. The van der Waals surface area contributed by atoms with Crippen molar-refractivity contribution >= 4 is 51.1 Å². The largest absolute Gasteiger partial charge is 0.378 e. The quantitative estimate of drug-likeness (QED) is 0.144. The Hall–Kier alpha value is -1.63. The Morgan fingerprint density at radius 1 is 1.33 bits per heavy atom. The summed E-state index contributed by atoms with van der Waals surface area (Å²) in [5, 5.41) is 17.4. The van der Waals surface area contributed by atoms with E-state index in [0.29, 0.717) is 13.1 Å². The Morgan fingerprint density at radius 2 is 2.00 bits per heavy atom. The van der Waals surface area contributed by atoms with E-state index < -0.39 is 14.8 Å². The van der Waals surface area contributed by atoms with E-state index in [0.717, 1.165) is 50.8 Å². The van der Waals surface area contributed by atoms with Gasteiger partial charge in [0.2, 0.25) is 0 Å². The lowest BCUT2D eigenvalue weighted by Crippen LogP contribution is -2.39. The zero-order valence-electron chi connectivity index (χ0n) is 15.5. The van der Waals surface area contributed by atoms with E-state index in [1.807, 2.05) is 6.92 Å². The first-order chi connectivity index (χ1) is 12.3. The summed E-state index contributed by atoms with van der Waals surface area (Å²) in [7, 11) is -3.50. The summed E-state index contributed by atoms with van der Waals surface area (Å²) >= 11 is 0. The van der Waals surface area contributed by atoms with E-state index in [2.05, 4.69) is 20.5 Å². The molecule has 0 saturated carbocycles. The summed E-state index contributed by atoms with van der Waals surface area (Å²) in [5.41, 5.74) is 0.0205. The number of anilines is 1. The number of likely N-dealkylation sites (tertiary alicyclic amines) is 1. The zero-order valence-corrected chi connectivity index (χ0v) is 18.6. The van der Waals surface area contributed by atoms with Crippen LogP contribution in [0.5, 0.6) is 0 Å². The lowest BCUT2D eigenvalue weighted by molar-refractivity contribution is -0.384. The molecule has 152 valence electrons. The van der Waals surface area contributed by atoms with Crippen LogP contribution in [0.25, 0.3) is 0 Å². The van der Waals surface area contributed by atoms with Crippen molar-refractivity contribution < 1.29 is 13.3 Å². The number of sulfone groups is 1. The molecular weight excluding hydrogens is 485 g/mol. The van der Waals surface area contributed by atoms with Crippen LogP contribution in [0.2, 0.25) is 0 Å². The van der Waals surface area contributed by atoms with E-state index in [4.69, 9.17) is 0 Å². The minimum Gasteiger partial charge on any atom is -0.378 e. The van der Waals surface area contributed by atoms with E-state index in [1.165, 1.54) is 12.1 Å². The molecule has 9 nitrogen and oxygen atoms in total. The third-order valence-electron chi connectivity index (χ3n) is 4.02. The fourth-order valence-electron chi connectivity index (χ4n) is 2.75. The Bertz CT molecular complexity index is 779. The highest BCUT2D eigenvalue weighted by molar-refractivity contribution is 14.0. The number of rotatable bonds is 7. The van der Waals surface area contributed by atoms with Crippen LogP contribution in [0, 0.1) is 10.1 Å². The average molecular weight is 511 g/mol. The van der Waals surface area contributed by atoms with Crippen molar-refractivity contribution in [2.24, 2.45) is 4.99 Å². The molecule has 2 rings (SSSR count). The molecule has 1 saturated heterocycles. The number of aliphatic imine (C=N–C) groups is 1. The second-order valence-corrected chi connectivity index (χ2v) is 8.08. The lowest BCUT2D eigenvalue weighted by atomic mass is 10.2. The Labute approximate surface area is 176 Å². The molecule has 0 amide bonds. The number of hydrogen-bond donors (Lipinski definition) is 2. The molecule has 11 heteroatoms. The molecule has 1 fully saturated rings. The van der Waals surface area contributed by atoms with Gasteiger partial charge in [-0.1, -0.05) is 0 Å². The second-order valence-electron chi connectivity index (χ2n) is 6.06. The molecule has 1 aliphatic heterocycles. The highest BCUT2D eigenvalue weighted by Gasteiger charge is 2.19. The first kappa shape index (κ1) is 23.4. The maximum atomic E-state index is 11.6. The lowest BCUT2D eigenvalue weighted by Gasteiger charge is -2.20. The van der Waals surface area contributed by atoms with Crippen molar-refractivity contribution in [1.82, 2.24) is 10.2 Å². The van der Waals surface area contributed by atoms with Gasteiger partial charge < -0.3 is 15.5 Å². The molecule has 1 aromatic carbocycles. The third-order valence-corrected chi connectivity index (χ3v) is 5.13. The topological polar surface area (TPSA) is 117 Å². The molecule has 0 unspecified atom stereocenters. The Balaban J connectivity index is 0.00000364. The SMILES string of the molecule is CCNC(=NCCNc1ccc(S(C)(=O)=O)cc1[N+](=O)[O-])N1CCCC1.I. The zero-order chi connectivity index (χ0) is 19.2. The molecular formula is C16H26IN5O4S. The molecule has 0 spiro atoms. The smallest absolute Gasteiger partial charge is 0.293 e. The molecule has 0 aliphatic carbocycles. The number of nitrogens with zero attached hydrogens (tertiary/aromatic N) is 3. The third kappa shape index (κ3) is 6.79. The van der Waals surface area contributed by atoms with Crippen molar-refractivity contribution in [3.63, 3.8) is 0 Å². The molecule has 1 aliphatic rings. The average Bonchev–Trinajstić information content (AvgIpc) is 3.11. The molecule has 0 bridgehead atoms. The first-order valence-corrected chi connectivity index (χ1v) is 10.5. The van der Waals surface area contributed by atoms with Gasteiger partial charge in [0.05, 0.1) is 16.4 Å². The van der Waals surface area contributed by atoms with Crippen molar-refractivity contribution in [3.05, 3.63) is 28.3 Å². The summed E-state index contributed by atoms with van der Waals surface area (Å²) in [5.74, 6) is 0.855. The normalized spacial score (nSPS) is 14.6. The van der Waals surface area contributed by atoms with Gasteiger partial charge in [-0.05, 0) is 31.9 Å². The minimum atomic E-state index is -3.50. The van der Waals surface area contributed by atoms with Gasteiger partial charge >= 0.3 is 0 Å². The number of halogens is 1. The van der Waals surface area contributed by atoms with Crippen LogP contribution in [0.1, 0.15) is 19.8 Å². The summed E-state index contributed by atoms with van der Waals surface area (Å²) < 4.78 is 23.1. The van der Waals surface area contributed by atoms with E-state index >= 15 is 0 Å². The van der Waals surface area contributed by atoms with Crippen LogP contribution < -0.4 is 10.6 Å². The highest BCUT2D eigenvalue weighted by atomic mass is 127. The van der Waals surface area contributed by atoms with Crippen LogP contribution in [0.4, 0.5) is 11.4 Å². The van der Waals surface area contributed by atoms with Gasteiger partial charge in [-0.2, -0.15) is 0 Å². The van der Waals surface area contributed by atoms with Gasteiger partial charge in [-0.3, -0.25) is 15.1 Å². The highest BCUT2D eigenvalue weighted by Crippen LogP contribution is 2.27. The van der Waals surface area contributed by atoms with Crippen LogP contribution in [0.15, 0.2) is 28.1 Å². The predicted octanol–water partition coefficient (Wildman–Crippen LogP) is 2.09. The van der Waals surface area contributed by atoms with Gasteiger partial charge in [0.15, 0.2) is 15.8 Å². The van der Waals surface area contributed by atoms with Crippen LogP contribution >= 0.6 is 24.0 Å². The van der Waals surface area contributed by atoms with Gasteiger partial charge in [0.25, 0.3) is 5.69 Å². The van der Waals surface area contributed by atoms with Crippen molar-refractivity contribution in [2.75, 3.05) is 44.3 Å². The fraction of sp³-hybridized carbons (Fsp3) is 0.562. The van der Waals surface area contributed by atoms with Crippen LogP contribution in [-0.2, 0) is 9.84 Å². The molecule has 2 N–H and O–H groups in total. The van der Waals surface area contributed by atoms with E-state index in [9.17, 15) is 18.5 Å². The van der Waals surface area contributed by atoms with Crippen molar-refractivity contribution in [3.8, 4) is 0 Å². The number of benzene rings is 1. The maximum absolute atomic E-state index is 11.6. The molecule has 0 radical (unpaired) electrons. The summed E-state index contributed by atoms with van der Waals surface area (Å²) in [6, 6.07) is 3.86. The number of guanidine groups is 1. The monoisotopic (exact) mass is 511 g/mol. The molecule has 1 heterocycles. The number of hydrogen-bond acceptors (Lipinski definition) is 6.